The maximum atomic E-state index is 13.4. The lowest BCUT2D eigenvalue weighted by Gasteiger charge is -2.21. The zero-order valence-corrected chi connectivity index (χ0v) is 18.9. The normalized spacial score (nSPS) is 13.1. The van der Waals surface area contributed by atoms with Crippen molar-refractivity contribution in [2.24, 2.45) is 0 Å². The van der Waals surface area contributed by atoms with Crippen LogP contribution in [0.2, 0.25) is 0 Å². The number of amides is 1. The Labute approximate surface area is 195 Å². The SMILES string of the molecule is COP(=O)([O-])On1ccc(NC(=O)c2ccc(C(F)(F)F)cc2Oc2ccc(F)cc2C)cc1=O. The van der Waals surface area contributed by atoms with Gasteiger partial charge in [-0.25, -0.2) is 4.39 Å². The Bertz CT molecular complexity index is 1370. The number of aryl methyl sites for hydroxylation is 1. The molecule has 0 aliphatic rings. The van der Waals surface area contributed by atoms with Crippen molar-refractivity contribution in [3.05, 3.63) is 87.6 Å². The van der Waals surface area contributed by atoms with Crippen LogP contribution in [0, 0.1) is 12.7 Å². The second-order valence-corrected chi connectivity index (χ2v) is 8.39. The monoisotopic (exact) mass is 515 g/mol. The molecule has 0 saturated carbocycles. The second kappa shape index (κ2) is 9.90. The van der Waals surface area contributed by atoms with E-state index in [9.17, 15) is 36.6 Å². The molecule has 1 atom stereocenters. The smallest absolute Gasteiger partial charge is 0.416 e. The highest BCUT2D eigenvalue weighted by molar-refractivity contribution is 7.46. The summed E-state index contributed by atoms with van der Waals surface area (Å²) in [7, 11) is -3.96. The zero-order chi connectivity index (χ0) is 26.0. The van der Waals surface area contributed by atoms with Crippen molar-refractivity contribution >= 4 is 19.4 Å². The molecule has 0 bridgehead atoms. The highest BCUT2D eigenvalue weighted by atomic mass is 31.2. The number of ether oxygens (including phenoxy) is 1. The molecule has 3 aromatic rings. The minimum absolute atomic E-state index is 0.0136. The van der Waals surface area contributed by atoms with E-state index in [2.05, 4.69) is 14.5 Å². The Hall–Kier alpha value is -3.67. The van der Waals surface area contributed by atoms with Gasteiger partial charge in [-0.15, -0.1) is 4.73 Å². The van der Waals surface area contributed by atoms with Crippen LogP contribution in [0.4, 0.5) is 23.2 Å². The molecule has 2 aromatic carbocycles. The van der Waals surface area contributed by atoms with E-state index < -0.39 is 42.6 Å². The Balaban J connectivity index is 1.93. The minimum Gasteiger partial charge on any atom is -0.745 e. The molecule has 1 N–H and O–H groups in total. The zero-order valence-electron chi connectivity index (χ0n) is 18.0. The molecule has 1 heterocycles. The van der Waals surface area contributed by atoms with E-state index >= 15 is 0 Å². The lowest BCUT2D eigenvalue weighted by Crippen LogP contribution is -2.28. The minimum atomic E-state index is -4.78. The van der Waals surface area contributed by atoms with E-state index in [4.69, 9.17) is 4.74 Å². The van der Waals surface area contributed by atoms with Crippen molar-refractivity contribution in [3.63, 3.8) is 0 Å². The van der Waals surface area contributed by atoms with Crippen molar-refractivity contribution in [2.45, 2.75) is 13.1 Å². The summed E-state index contributed by atoms with van der Waals surface area (Å²) < 4.78 is 78.8. The summed E-state index contributed by atoms with van der Waals surface area (Å²) in [5.41, 5.74) is -2.28. The third-order valence-electron chi connectivity index (χ3n) is 4.47. The number of hydrogen-bond donors (Lipinski definition) is 1. The first-order chi connectivity index (χ1) is 16.3. The van der Waals surface area contributed by atoms with Gasteiger partial charge in [0.2, 0.25) is 0 Å². The number of hydrogen-bond acceptors (Lipinski definition) is 7. The van der Waals surface area contributed by atoms with Gasteiger partial charge in [-0.3, -0.25) is 14.2 Å². The molecule has 14 heteroatoms. The Morgan fingerprint density at radius 1 is 1.09 bits per heavy atom. The number of anilines is 1. The number of carbonyl (C=O) groups is 1. The first-order valence-electron chi connectivity index (χ1n) is 9.55. The topological polar surface area (TPSA) is 119 Å². The highest BCUT2D eigenvalue weighted by Gasteiger charge is 2.32. The third kappa shape index (κ3) is 6.47. The van der Waals surface area contributed by atoms with E-state index in [0.717, 1.165) is 43.6 Å². The quantitative estimate of drug-likeness (QED) is 0.375. The van der Waals surface area contributed by atoms with Gasteiger partial charge in [0.25, 0.3) is 11.5 Å². The Morgan fingerprint density at radius 3 is 2.40 bits per heavy atom. The van der Waals surface area contributed by atoms with Gasteiger partial charge >= 0.3 is 14.0 Å². The molecule has 0 radical (unpaired) electrons. The molecular formula is C21H16F4N2O7P-. The van der Waals surface area contributed by atoms with Crippen molar-refractivity contribution in [2.75, 3.05) is 12.4 Å². The average molecular weight is 515 g/mol. The molecule has 3 rings (SSSR count). The summed E-state index contributed by atoms with van der Waals surface area (Å²) in [6.07, 6.45) is -3.85. The summed E-state index contributed by atoms with van der Waals surface area (Å²) in [6, 6.07) is 7.40. The number of rotatable bonds is 7. The van der Waals surface area contributed by atoms with Gasteiger partial charge in [0, 0.05) is 18.9 Å². The van der Waals surface area contributed by atoms with Crippen LogP contribution in [0.3, 0.4) is 0 Å². The molecule has 1 amide bonds. The largest absolute Gasteiger partial charge is 0.745 e. The molecule has 186 valence electrons. The van der Waals surface area contributed by atoms with Gasteiger partial charge in [-0.05, 0) is 55.0 Å². The fourth-order valence-electron chi connectivity index (χ4n) is 2.77. The fraction of sp³-hybridized carbons (Fsp3) is 0.143. The van der Waals surface area contributed by atoms with Gasteiger partial charge in [0.15, 0.2) is 0 Å². The number of nitrogens with zero attached hydrogens (tertiary/aromatic N) is 1. The first-order valence-corrected chi connectivity index (χ1v) is 11.0. The lowest BCUT2D eigenvalue weighted by atomic mass is 10.1. The molecular weight excluding hydrogens is 499 g/mol. The summed E-state index contributed by atoms with van der Waals surface area (Å²) in [5.74, 6) is -2.00. The molecule has 1 aromatic heterocycles. The third-order valence-corrected chi connectivity index (χ3v) is 5.29. The van der Waals surface area contributed by atoms with Crippen LogP contribution in [0.25, 0.3) is 0 Å². The molecule has 35 heavy (non-hydrogen) atoms. The number of halogens is 4. The number of phosphoric ester groups is 1. The van der Waals surface area contributed by atoms with Crippen LogP contribution in [0.5, 0.6) is 11.5 Å². The lowest BCUT2D eigenvalue weighted by molar-refractivity contribution is -0.223. The van der Waals surface area contributed by atoms with Crippen molar-refractivity contribution in [3.8, 4) is 11.5 Å². The number of alkyl halides is 3. The second-order valence-electron chi connectivity index (χ2n) is 6.97. The van der Waals surface area contributed by atoms with Crippen LogP contribution in [0.1, 0.15) is 21.5 Å². The molecule has 0 spiro atoms. The summed E-state index contributed by atoms with van der Waals surface area (Å²) in [4.78, 5) is 36.2. The van der Waals surface area contributed by atoms with E-state index in [1.54, 1.807) is 0 Å². The van der Waals surface area contributed by atoms with Crippen LogP contribution < -0.4 is 25.1 Å². The molecule has 0 aliphatic carbocycles. The summed E-state index contributed by atoms with van der Waals surface area (Å²) in [5, 5.41) is 2.30. The molecule has 0 fully saturated rings. The van der Waals surface area contributed by atoms with Crippen LogP contribution >= 0.6 is 7.82 Å². The van der Waals surface area contributed by atoms with E-state index in [-0.39, 0.29) is 22.6 Å². The van der Waals surface area contributed by atoms with Crippen molar-refractivity contribution in [1.29, 1.82) is 0 Å². The van der Waals surface area contributed by atoms with Crippen molar-refractivity contribution in [1.82, 2.24) is 4.73 Å². The van der Waals surface area contributed by atoms with E-state index in [0.29, 0.717) is 16.9 Å². The predicted octanol–water partition coefficient (Wildman–Crippen LogP) is 3.90. The van der Waals surface area contributed by atoms with E-state index in [1.165, 1.54) is 13.0 Å². The molecule has 1 unspecified atom stereocenters. The Morgan fingerprint density at radius 2 is 1.80 bits per heavy atom. The number of nitrogens with one attached hydrogen (secondary N) is 1. The number of phosphoric acid groups is 1. The van der Waals surface area contributed by atoms with Gasteiger partial charge in [0.1, 0.15) is 17.3 Å². The predicted molar refractivity (Wildman–Crippen MR) is 113 cm³/mol. The van der Waals surface area contributed by atoms with Crippen molar-refractivity contribution < 1.29 is 45.7 Å². The average Bonchev–Trinajstić information content (AvgIpc) is 2.77. The van der Waals surface area contributed by atoms with Gasteiger partial charge in [0.05, 0.1) is 17.3 Å². The summed E-state index contributed by atoms with van der Waals surface area (Å²) in [6.45, 7) is 1.47. The maximum Gasteiger partial charge on any atom is 0.416 e. The maximum absolute atomic E-state index is 13.4. The van der Waals surface area contributed by atoms with Crippen LogP contribution in [-0.2, 0) is 15.3 Å². The number of benzene rings is 2. The molecule has 0 saturated heterocycles. The fourth-order valence-corrected chi connectivity index (χ4v) is 3.18. The van der Waals surface area contributed by atoms with Gasteiger partial charge < -0.3 is 24.1 Å². The van der Waals surface area contributed by atoms with E-state index in [1.807, 2.05) is 0 Å². The summed E-state index contributed by atoms with van der Waals surface area (Å²) >= 11 is 0. The first kappa shape index (κ1) is 25.9. The standard InChI is InChI=1S/C21H17F4N2O7P/c1-12-9-14(22)4-6-17(12)33-18-10-13(21(23,24)25)3-5-16(18)20(29)26-15-7-8-27(19(28)11-15)34-35(30,31)32-2/h3-11H,1-2H3,(H,26,29)(H,30,31)/p-1. The number of aromatic nitrogens is 1. The van der Waals surface area contributed by atoms with Crippen LogP contribution in [0.15, 0.2) is 59.5 Å². The molecule has 0 aliphatic heterocycles. The highest BCUT2D eigenvalue weighted by Crippen LogP contribution is 2.36. The van der Waals surface area contributed by atoms with Crippen LogP contribution in [-0.4, -0.2) is 17.7 Å². The number of pyridine rings is 1. The molecule has 9 nitrogen and oxygen atoms in total. The number of carbonyl (C=O) groups excluding carboxylic acids is 1. The Kier molecular flexibility index (Phi) is 7.34. The van der Waals surface area contributed by atoms with Gasteiger partial charge in [-0.1, -0.05) is 0 Å². The van der Waals surface area contributed by atoms with Gasteiger partial charge in [-0.2, -0.15) is 13.2 Å².